The average Bonchev–Trinajstić information content (AvgIpc) is 2.48. The number of benzene rings is 2. The van der Waals surface area contributed by atoms with Gasteiger partial charge in [-0.2, -0.15) is 0 Å². The van der Waals surface area contributed by atoms with Gasteiger partial charge in [-0.25, -0.2) is 8.78 Å². The molecule has 112 valence electrons. The van der Waals surface area contributed by atoms with Crippen molar-refractivity contribution in [3.8, 4) is 0 Å². The summed E-state index contributed by atoms with van der Waals surface area (Å²) in [5.41, 5.74) is 1.45. The smallest absolute Gasteiger partial charge is 0.131 e. The van der Waals surface area contributed by atoms with Crippen molar-refractivity contribution in [3.63, 3.8) is 0 Å². The Hall–Kier alpha value is -1.82. The summed E-state index contributed by atoms with van der Waals surface area (Å²) in [6, 6.07) is 10.8. The monoisotopic (exact) mass is 293 g/mol. The summed E-state index contributed by atoms with van der Waals surface area (Å²) in [5, 5.41) is 21.7. The van der Waals surface area contributed by atoms with Crippen LogP contribution in [0.15, 0.2) is 42.5 Å². The van der Waals surface area contributed by atoms with Crippen molar-refractivity contribution in [1.29, 1.82) is 0 Å². The Balaban J connectivity index is 1.90. The second-order valence-corrected chi connectivity index (χ2v) is 4.76. The van der Waals surface area contributed by atoms with Crippen molar-refractivity contribution >= 4 is 0 Å². The molecule has 21 heavy (non-hydrogen) atoms. The van der Waals surface area contributed by atoms with Crippen LogP contribution in [0.4, 0.5) is 8.78 Å². The lowest BCUT2D eigenvalue weighted by molar-refractivity contribution is 0.164. The highest BCUT2D eigenvalue weighted by molar-refractivity contribution is 5.23. The minimum atomic E-state index is -1.25. The minimum absolute atomic E-state index is 0.0149. The predicted molar refractivity (Wildman–Crippen MR) is 75.4 cm³/mol. The van der Waals surface area contributed by atoms with Gasteiger partial charge >= 0.3 is 0 Å². The van der Waals surface area contributed by atoms with Crippen molar-refractivity contribution in [2.24, 2.45) is 0 Å². The van der Waals surface area contributed by atoms with Gasteiger partial charge in [-0.1, -0.05) is 30.3 Å². The summed E-state index contributed by atoms with van der Waals surface area (Å²) in [6.07, 6.45) is -1.25. The molecule has 1 unspecified atom stereocenters. The van der Waals surface area contributed by atoms with Gasteiger partial charge in [0, 0.05) is 13.1 Å². The van der Waals surface area contributed by atoms with Crippen LogP contribution in [0.1, 0.15) is 22.8 Å². The van der Waals surface area contributed by atoms with E-state index in [4.69, 9.17) is 5.11 Å². The topological polar surface area (TPSA) is 52.5 Å². The molecule has 3 nitrogen and oxygen atoms in total. The molecule has 0 fully saturated rings. The standard InChI is InChI=1S/C16H17F2NO2/c17-13-2-1-3-14(18)16(13)15(21)9-19-8-11-4-6-12(10-20)7-5-11/h1-7,15,19-21H,8-10H2. The highest BCUT2D eigenvalue weighted by atomic mass is 19.1. The summed E-state index contributed by atoms with van der Waals surface area (Å²) in [4.78, 5) is 0. The first-order chi connectivity index (χ1) is 10.1. The van der Waals surface area contributed by atoms with E-state index in [0.717, 1.165) is 23.3 Å². The van der Waals surface area contributed by atoms with Crippen molar-refractivity contribution in [3.05, 3.63) is 70.8 Å². The predicted octanol–water partition coefficient (Wildman–Crippen LogP) is 2.28. The van der Waals surface area contributed by atoms with Crippen molar-refractivity contribution in [2.75, 3.05) is 6.54 Å². The van der Waals surface area contributed by atoms with Crippen LogP contribution in [0.2, 0.25) is 0 Å². The van der Waals surface area contributed by atoms with E-state index in [1.54, 1.807) is 12.1 Å². The fourth-order valence-electron chi connectivity index (χ4n) is 2.05. The Bertz CT molecular complexity index is 567. The van der Waals surface area contributed by atoms with Gasteiger partial charge in [0.25, 0.3) is 0 Å². The van der Waals surface area contributed by atoms with Crippen molar-refractivity contribution < 1.29 is 19.0 Å². The van der Waals surface area contributed by atoms with Gasteiger partial charge < -0.3 is 15.5 Å². The van der Waals surface area contributed by atoms with Gasteiger partial charge in [-0.3, -0.25) is 0 Å². The SMILES string of the molecule is OCc1ccc(CNCC(O)c2c(F)cccc2F)cc1. The molecule has 0 bridgehead atoms. The first kappa shape index (κ1) is 15.6. The minimum Gasteiger partial charge on any atom is -0.392 e. The first-order valence-electron chi connectivity index (χ1n) is 6.63. The Morgan fingerprint density at radius 1 is 0.952 bits per heavy atom. The highest BCUT2D eigenvalue weighted by Crippen LogP contribution is 2.20. The van der Waals surface area contributed by atoms with Gasteiger partial charge in [-0.05, 0) is 23.3 Å². The second-order valence-electron chi connectivity index (χ2n) is 4.76. The van der Waals surface area contributed by atoms with E-state index in [9.17, 15) is 13.9 Å². The van der Waals surface area contributed by atoms with Crippen molar-refractivity contribution in [1.82, 2.24) is 5.32 Å². The number of hydrogen-bond acceptors (Lipinski definition) is 3. The van der Waals surface area contributed by atoms with Crippen LogP contribution in [0, 0.1) is 11.6 Å². The zero-order valence-corrected chi connectivity index (χ0v) is 11.4. The number of aliphatic hydroxyl groups is 2. The molecule has 0 radical (unpaired) electrons. The van der Waals surface area contributed by atoms with E-state index in [1.807, 2.05) is 12.1 Å². The number of hydrogen-bond donors (Lipinski definition) is 3. The number of rotatable bonds is 6. The molecule has 3 N–H and O–H groups in total. The number of halogens is 2. The van der Waals surface area contributed by atoms with E-state index in [2.05, 4.69) is 5.32 Å². The lowest BCUT2D eigenvalue weighted by atomic mass is 10.1. The molecule has 0 saturated carbocycles. The lowest BCUT2D eigenvalue weighted by Gasteiger charge is -2.14. The molecular weight excluding hydrogens is 276 g/mol. The van der Waals surface area contributed by atoms with Gasteiger partial charge in [0.2, 0.25) is 0 Å². The Labute approximate surface area is 121 Å². The molecule has 0 saturated heterocycles. The zero-order valence-electron chi connectivity index (χ0n) is 11.4. The van der Waals surface area contributed by atoms with Gasteiger partial charge in [0.05, 0.1) is 18.3 Å². The van der Waals surface area contributed by atoms with Crippen LogP contribution >= 0.6 is 0 Å². The number of nitrogens with one attached hydrogen (secondary N) is 1. The maximum absolute atomic E-state index is 13.5. The molecule has 0 spiro atoms. The normalized spacial score (nSPS) is 12.4. The molecule has 2 rings (SSSR count). The van der Waals surface area contributed by atoms with Gasteiger partial charge in [-0.15, -0.1) is 0 Å². The summed E-state index contributed by atoms with van der Waals surface area (Å²) < 4.78 is 27.0. The molecular formula is C16H17F2NO2. The Kier molecular flexibility index (Phi) is 5.38. The Morgan fingerprint density at radius 3 is 2.10 bits per heavy atom. The summed E-state index contributed by atoms with van der Waals surface area (Å²) >= 11 is 0. The van der Waals surface area contributed by atoms with Crippen LogP contribution in [0.3, 0.4) is 0 Å². The fraction of sp³-hybridized carbons (Fsp3) is 0.250. The van der Waals surface area contributed by atoms with Crippen LogP contribution in [0.25, 0.3) is 0 Å². The molecule has 0 aromatic heterocycles. The summed E-state index contributed by atoms with van der Waals surface area (Å²) in [7, 11) is 0. The lowest BCUT2D eigenvalue weighted by Crippen LogP contribution is -2.22. The molecule has 0 aliphatic rings. The van der Waals surface area contributed by atoms with E-state index >= 15 is 0 Å². The molecule has 2 aromatic rings. The van der Waals surface area contributed by atoms with Crippen LogP contribution in [-0.2, 0) is 13.2 Å². The van der Waals surface area contributed by atoms with E-state index in [-0.39, 0.29) is 18.7 Å². The van der Waals surface area contributed by atoms with Gasteiger partial charge in [0.15, 0.2) is 0 Å². The van der Waals surface area contributed by atoms with Crippen LogP contribution in [-0.4, -0.2) is 16.8 Å². The number of aliphatic hydroxyl groups excluding tert-OH is 2. The second kappa shape index (κ2) is 7.26. The molecule has 0 aliphatic carbocycles. The first-order valence-corrected chi connectivity index (χ1v) is 6.63. The van der Waals surface area contributed by atoms with Crippen LogP contribution < -0.4 is 5.32 Å². The third kappa shape index (κ3) is 4.07. The molecule has 2 aromatic carbocycles. The van der Waals surface area contributed by atoms with E-state index in [0.29, 0.717) is 6.54 Å². The molecule has 0 aliphatic heterocycles. The molecule has 5 heteroatoms. The maximum atomic E-state index is 13.5. The zero-order chi connectivity index (χ0) is 15.2. The summed E-state index contributed by atoms with van der Waals surface area (Å²) in [6.45, 7) is 0.484. The largest absolute Gasteiger partial charge is 0.392 e. The highest BCUT2D eigenvalue weighted by Gasteiger charge is 2.17. The Morgan fingerprint density at radius 2 is 1.52 bits per heavy atom. The third-order valence-corrected chi connectivity index (χ3v) is 3.21. The summed E-state index contributed by atoms with van der Waals surface area (Å²) in [5.74, 6) is -1.51. The van der Waals surface area contributed by atoms with Gasteiger partial charge in [0.1, 0.15) is 11.6 Å². The van der Waals surface area contributed by atoms with E-state index in [1.165, 1.54) is 6.07 Å². The molecule has 1 atom stereocenters. The van der Waals surface area contributed by atoms with Crippen LogP contribution in [0.5, 0.6) is 0 Å². The van der Waals surface area contributed by atoms with E-state index < -0.39 is 17.7 Å². The third-order valence-electron chi connectivity index (χ3n) is 3.21. The maximum Gasteiger partial charge on any atom is 0.131 e. The molecule has 0 amide bonds. The quantitative estimate of drug-likeness (QED) is 0.766. The molecule has 0 heterocycles. The van der Waals surface area contributed by atoms with Crippen molar-refractivity contribution in [2.45, 2.75) is 19.3 Å². The fourth-order valence-corrected chi connectivity index (χ4v) is 2.05. The average molecular weight is 293 g/mol.